The van der Waals surface area contributed by atoms with Gasteiger partial charge in [-0.25, -0.2) is 0 Å². The molecule has 4 heteroatoms. The Morgan fingerprint density at radius 3 is 3.00 bits per heavy atom. The van der Waals surface area contributed by atoms with Gasteiger partial charge in [-0.1, -0.05) is 11.6 Å². The molecule has 0 saturated carbocycles. The molecule has 0 bridgehead atoms. The van der Waals surface area contributed by atoms with Gasteiger partial charge >= 0.3 is 0 Å². The Kier molecular flexibility index (Phi) is 3.36. The minimum Gasteiger partial charge on any atom is -0.494 e. The van der Waals surface area contributed by atoms with Crippen molar-refractivity contribution in [1.82, 2.24) is 0 Å². The number of hydrogen-bond donors (Lipinski definition) is 1. The Bertz CT molecular complexity index is 493. The minimum atomic E-state index is 0.614. The molecule has 0 radical (unpaired) electrons. The summed E-state index contributed by atoms with van der Waals surface area (Å²) in [5, 5.41) is 1.53. The Morgan fingerprint density at radius 1 is 1.50 bits per heavy atom. The van der Waals surface area contributed by atoms with Crippen LogP contribution in [0.2, 0.25) is 5.02 Å². The summed E-state index contributed by atoms with van der Waals surface area (Å²) in [5.74, 6) is 0.668. The lowest BCUT2D eigenvalue weighted by Gasteiger charge is -2.08. The Balaban J connectivity index is 2.54. The third kappa shape index (κ3) is 1.88. The molecule has 2 aromatic rings. The van der Waals surface area contributed by atoms with E-state index in [9.17, 15) is 0 Å². The van der Waals surface area contributed by atoms with E-state index in [0.717, 1.165) is 29.4 Å². The molecule has 2 rings (SSSR count). The highest BCUT2D eigenvalue weighted by Gasteiger charge is 2.13. The van der Waals surface area contributed by atoms with Gasteiger partial charge in [0.15, 0.2) is 0 Å². The Hall–Kier alpha value is -1.19. The zero-order chi connectivity index (χ0) is 11.5. The first-order chi connectivity index (χ1) is 7.77. The van der Waals surface area contributed by atoms with E-state index in [1.54, 1.807) is 13.4 Å². The fourth-order valence-corrected chi connectivity index (χ4v) is 2.15. The van der Waals surface area contributed by atoms with E-state index >= 15 is 0 Å². The van der Waals surface area contributed by atoms with E-state index in [4.69, 9.17) is 26.5 Å². The first-order valence-electron chi connectivity index (χ1n) is 5.20. The maximum Gasteiger partial charge on any atom is 0.148 e. The molecule has 3 nitrogen and oxygen atoms in total. The third-order valence-electron chi connectivity index (χ3n) is 2.57. The molecule has 1 heterocycles. The largest absolute Gasteiger partial charge is 0.494 e. The average Bonchev–Trinajstić information content (AvgIpc) is 2.75. The number of methoxy groups -OCH3 is 1. The summed E-state index contributed by atoms with van der Waals surface area (Å²) in [6.07, 6.45) is 3.43. The van der Waals surface area contributed by atoms with Crippen LogP contribution in [0.15, 0.2) is 22.8 Å². The molecule has 0 aliphatic rings. The maximum atomic E-state index is 6.15. The van der Waals surface area contributed by atoms with Gasteiger partial charge in [0.2, 0.25) is 0 Å². The molecule has 16 heavy (non-hydrogen) atoms. The van der Waals surface area contributed by atoms with Crippen LogP contribution in [0.25, 0.3) is 11.0 Å². The second-order valence-corrected chi connectivity index (χ2v) is 4.01. The van der Waals surface area contributed by atoms with Crippen LogP contribution in [-0.4, -0.2) is 13.7 Å². The van der Waals surface area contributed by atoms with Crippen molar-refractivity contribution in [2.45, 2.75) is 12.8 Å². The molecular weight excluding hydrogens is 226 g/mol. The molecule has 0 unspecified atom stereocenters. The predicted molar refractivity (Wildman–Crippen MR) is 65.2 cm³/mol. The molecule has 1 aromatic carbocycles. The zero-order valence-corrected chi connectivity index (χ0v) is 9.88. The highest BCUT2D eigenvalue weighted by Crippen LogP contribution is 2.36. The van der Waals surface area contributed by atoms with Gasteiger partial charge in [-0.3, -0.25) is 0 Å². The predicted octanol–water partition coefficient (Wildman–Crippen LogP) is 2.99. The molecule has 86 valence electrons. The normalized spacial score (nSPS) is 10.9. The lowest BCUT2D eigenvalue weighted by molar-refractivity contribution is 0.419. The fraction of sp³-hybridized carbons (Fsp3) is 0.333. The second-order valence-electron chi connectivity index (χ2n) is 3.61. The molecule has 0 aliphatic heterocycles. The summed E-state index contributed by atoms with van der Waals surface area (Å²) in [6, 6.07) is 3.76. The molecule has 0 amide bonds. The summed E-state index contributed by atoms with van der Waals surface area (Å²) in [4.78, 5) is 0. The SMILES string of the molecule is COc1c(Cl)cc(CCCN)c2occc12. The molecule has 0 fully saturated rings. The van der Waals surface area contributed by atoms with Crippen molar-refractivity contribution < 1.29 is 9.15 Å². The van der Waals surface area contributed by atoms with E-state index in [1.807, 2.05) is 12.1 Å². The van der Waals surface area contributed by atoms with E-state index in [2.05, 4.69) is 0 Å². The molecule has 0 atom stereocenters. The molecule has 0 saturated heterocycles. The fourth-order valence-electron chi connectivity index (χ4n) is 1.84. The van der Waals surface area contributed by atoms with Crippen molar-refractivity contribution in [3.05, 3.63) is 29.0 Å². The van der Waals surface area contributed by atoms with Crippen molar-refractivity contribution in [3.8, 4) is 5.75 Å². The third-order valence-corrected chi connectivity index (χ3v) is 2.85. The van der Waals surface area contributed by atoms with Gasteiger partial charge in [0.1, 0.15) is 11.3 Å². The van der Waals surface area contributed by atoms with Crippen LogP contribution in [0.1, 0.15) is 12.0 Å². The number of halogens is 1. The van der Waals surface area contributed by atoms with Crippen LogP contribution in [0, 0.1) is 0 Å². The first-order valence-corrected chi connectivity index (χ1v) is 5.58. The van der Waals surface area contributed by atoms with Crippen LogP contribution in [0.5, 0.6) is 5.75 Å². The molecule has 0 aliphatic carbocycles. The van der Waals surface area contributed by atoms with Gasteiger partial charge in [-0.15, -0.1) is 0 Å². The van der Waals surface area contributed by atoms with Gasteiger partial charge in [-0.2, -0.15) is 0 Å². The minimum absolute atomic E-state index is 0.614. The number of aryl methyl sites for hydroxylation is 1. The van der Waals surface area contributed by atoms with Gasteiger partial charge < -0.3 is 14.9 Å². The van der Waals surface area contributed by atoms with Gasteiger partial charge in [-0.05, 0) is 37.1 Å². The van der Waals surface area contributed by atoms with E-state index in [0.29, 0.717) is 17.3 Å². The van der Waals surface area contributed by atoms with E-state index in [1.165, 1.54) is 0 Å². The zero-order valence-electron chi connectivity index (χ0n) is 9.13. The molecule has 1 aromatic heterocycles. The number of nitrogens with two attached hydrogens (primary N) is 1. The summed E-state index contributed by atoms with van der Waals surface area (Å²) >= 11 is 6.15. The Labute approximate surface area is 99.1 Å². The summed E-state index contributed by atoms with van der Waals surface area (Å²) in [5.41, 5.74) is 7.42. The van der Waals surface area contributed by atoms with Gasteiger partial charge in [0.05, 0.1) is 23.8 Å². The summed E-state index contributed by atoms with van der Waals surface area (Å²) < 4.78 is 10.7. The van der Waals surface area contributed by atoms with Gasteiger partial charge in [0.25, 0.3) is 0 Å². The van der Waals surface area contributed by atoms with Crippen LogP contribution < -0.4 is 10.5 Å². The monoisotopic (exact) mass is 239 g/mol. The highest BCUT2D eigenvalue weighted by molar-refractivity contribution is 6.33. The number of ether oxygens (including phenoxy) is 1. The number of hydrogen-bond acceptors (Lipinski definition) is 3. The summed E-state index contributed by atoms with van der Waals surface area (Å²) in [6.45, 7) is 0.659. The highest BCUT2D eigenvalue weighted by atomic mass is 35.5. The second kappa shape index (κ2) is 4.76. The van der Waals surface area contributed by atoms with Crippen LogP contribution in [-0.2, 0) is 6.42 Å². The maximum absolute atomic E-state index is 6.15. The molecular formula is C12H14ClNO2. The van der Waals surface area contributed by atoms with E-state index in [-0.39, 0.29) is 0 Å². The van der Waals surface area contributed by atoms with Crippen molar-refractivity contribution in [2.24, 2.45) is 5.73 Å². The lowest BCUT2D eigenvalue weighted by atomic mass is 10.1. The first kappa shape index (κ1) is 11.3. The van der Waals surface area contributed by atoms with Crippen LogP contribution >= 0.6 is 11.6 Å². The summed E-state index contributed by atoms with van der Waals surface area (Å²) in [7, 11) is 1.60. The van der Waals surface area contributed by atoms with Crippen LogP contribution in [0.3, 0.4) is 0 Å². The number of benzene rings is 1. The average molecular weight is 240 g/mol. The standard InChI is InChI=1S/C12H14ClNO2/c1-15-12-9-4-6-16-11(9)8(3-2-5-14)7-10(12)13/h4,6-7H,2-3,5,14H2,1H3. The van der Waals surface area contributed by atoms with Gasteiger partial charge in [0, 0.05) is 0 Å². The number of rotatable bonds is 4. The van der Waals surface area contributed by atoms with Crippen molar-refractivity contribution in [3.63, 3.8) is 0 Å². The number of furan rings is 1. The van der Waals surface area contributed by atoms with Crippen molar-refractivity contribution in [2.75, 3.05) is 13.7 Å². The topological polar surface area (TPSA) is 48.4 Å². The Morgan fingerprint density at radius 2 is 2.31 bits per heavy atom. The quantitative estimate of drug-likeness (QED) is 0.892. The smallest absolute Gasteiger partial charge is 0.148 e. The van der Waals surface area contributed by atoms with Crippen LogP contribution in [0.4, 0.5) is 0 Å². The molecule has 0 spiro atoms. The lowest BCUT2D eigenvalue weighted by Crippen LogP contribution is -2.00. The van der Waals surface area contributed by atoms with Crippen molar-refractivity contribution in [1.29, 1.82) is 0 Å². The van der Waals surface area contributed by atoms with Crippen molar-refractivity contribution >= 4 is 22.6 Å². The molecule has 2 N–H and O–H groups in total. The number of fused-ring (bicyclic) bond motifs is 1. The van der Waals surface area contributed by atoms with E-state index < -0.39 is 0 Å².